The highest BCUT2D eigenvalue weighted by Crippen LogP contribution is 2.24. The summed E-state index contributed by atoms with van der Waals surface area (Å²) < 4.78 is 32.0. The molecule has 0 spiro atoms. The van der Waals surface area contributed by atoms with Crippen LogP contribution in [0.25, 0.3) is 0 Å². The maximum atomic E-state index is 13.4. The van der Waals surface area contributed by atoms with Gasteiger partial charge in [0.05, 0.1) is 13.2 Å². The Hall–Kier alpha value is -1.34. The van der Waals surface area contributed by atoms with Crippen molar-refractivity contribution in [3.63, 3.8) is 0 Å². The average Bonchev–Trinajstić information content (AvgIpc) is 2.58. The van der Waals surface area contributed by atoms with Gasteiger partial charge in [0, 0.05) is 12.6 Å². The van der Waals surface area contributed by atoms with Crippen molar-refractivity contribution < 1.29 is 18.3 Å². The molecular weight excluding hydrogens is 322 g/mol. The number of benzene rings is 1. The Bertz CT molecular complexity index is 567. The van der Waals surface area contributed by atoms with Crippen LogP contribution in [0.4, 0.5) is 13.6 Å². The first-order chi connectivity index (χ1) is 11.1. The number of hydrogen-bond acceptors (Lipinski definition) is 3. The number of ether oxygens (including phenoxy) is 1. The summed E-state index contributed by atoms with van der Waals surface area (Å²) in [6.07, 6.45) is 1.56. The van der Waals surface area contributed by atoms with Crippen molar-refractivity contribution in [3.8, 4) is 0 Å². The van der Waals surface area contributed by atoms with E-state index >= 15 is 0 Å². The maximum absolute atomic E-state index is 13.4. The Morgan fingerprint density at radius 3 is 2.78 bits per heavy atom. The zero-order valence-corrected chi connectivity index (χ0v) is 13.6. The van der Waals surface area contributed by atoms with Gasteiger partial charge >= 0.3 is 6.03 Å². The van der Waals surface area contributed by atoms with Crippen molar-refractivity contribution in [2.45, 2.75) is 25.0 Å². The van der Waals surface area contributed by atoms with Crippen LogP contribution in [0.5, 0.6) is 0 Å². The van der Waals surface area contributed by atoms with E-state index in [9.17, 15) is 13.6 Å². The number of carbonyl (C=O) groups is 1. The third kappa shape index (κ3) is 4.14. The van der Waals surface area contributed by atoms with Gasteiger partial charge in [-0.1, -0.05) is 6.07 Å². The van der Waals surface area contributed by atoms with E-state index in [2.05, 4.69) is 5.32 Å². The zero-order valence-electron chi connectivity index (χ0n) is 12.8. The van der Waals surface area contributed by atoms with Gasteiger partial charge in [0.1, 0.15) is 6.10 Å². The Kier molecular flexibility index (Phi) is 5.38. The van der Waals surface area contributed by atoms with Crippen molar-refractivity contribution in [2.75, 3.05) is 31.2 Å². The molecule has 2 aliphatic heterocycles. The number of hydrogen-bond donors (Lipinski definition) is 1. The minimum absolute atomic E-state index is 0.0993. The summed E-state index contributed by atoms with van der Waals surface area (Å²) in [4.78, 5) is 14.1. The lowest BCUT2D eigenvalue weighted by atomic mass is 10.1. The minimum atomic E-state index is -0.896. The smallest absolute Gasteiger partial charge is 0.317 e. The number of urea groups is 1. The van der Waals surface area contributed by atoms with Gasteiger partial charge in [0.15, 0.2) is 11.6 Å². The van der Waals surface area contributed by atoms with Gasteiger partial charge in [0.25, 0.3) is 0 Å². The summed E-state index contributed by atoms with van der Waals surface area (Å²) in [5.74, 6) is 0.374. The molecule has 2 heterocycles. The first kappa shape index (κ1) is 16.5. The molecule has 0 saturated carbocycles. The lowest BCUT2D eigenvalue weighted by Crippen LogP contribution is -2.50. The molecule has 0 radical (unpaired) electrons. The molecule has 0 aromatic heterocycles. The van der Waals surface area contributed by atoms with Gasteiger partial charge in [-0.05, 0) is 42.0 Å². The predicted octanol–water partition coefficient (Wildman–Crippen LogP) is 2.94. The number of nitrogens with zero attached hydrogens (tertiary/aromatic N) is 1. The summed E-state index contributed by atoms with van der Waals surface area (Å²) in [5, 5.41) is 3.07. The van der Waals surface area contributed by atoms with Crippen LogP contribution >= 0.6 is 11.8 Å². The van der Waals surface area contributed by atoms with Crippen molar-refractivity contribution >= 4 is 17.8 Å². The average molecular weight is 342 g/mol. The summed E-state index contributed by atoms with van der Waals surface area (Å²) >= 11 is 1.91. The molecule has 2 amide bonds. The number of morpholine rings is 1. The van der Waals surface area contributed by atoms with E-state index in [1.807, 2.05) is 11.8 Å². The van der Waals surface area contributed by atoms with Gasteiger partial charge in [-0.25, -0.2) is 13.6 Å². The van der Waals surface area contributed by atoms with Crippen LogP contribution in [-0.2, 0) is 4.74 Å². The SMILES string of the molecule is O=C(NC1CCSCC1)N1CCOC(c2ccc(F)c(F)c2)C1. The first-order valence-corrected chi connectivity index (χ1v) is 8.98. The molecule has 2 fully saturated rings. The molecule has 1 unspecified atom stereocenters. The fraction of sp³-hybridized carbons (Fsp3) is 0.562. The highest BCUT2D eigenvalue weighted by molar-refractivity contribution is 7.99. The highest BCUT2D eigenvalue weighted by atomic mass is 32.2. The number of carbonyl (C=O) groups excluding carboxylic acids is 1. The minimum Gasteiger partial charge on any atom is -0.370 e. The Morgan fingerprint density at radius 1 is 1.26 bits per heavy atom. The van der Waals surface area contributed by atoms with E-state index in [1.165, 1.54) is 6.07 Å². The molecule has 1 aromatic rings. The Labute approximate surface area is 138 Å². The second-order valence-corrected chi connectivity index (χ2v) is 7.04. The summed E-state index contributed by atoms with van der Waals surface area (Å²) in [6, 6.07) is 3.86. The molecule has 7 heteroatoms. The molecule has 3 rings (SSSR count). The van der Waals surface area contributed by atoms with Gasteiger partial charge in [0.2, 0.25) is 0 Å². The molecular formula is C16H20F2N2O2S. The monoisotopic (exact) mass is 342 g/mol. The van der Waals surface area contributed by atoms with E-state index < -0.39 is 17.7 Å². The van der Waals surface area contributed by atoms with E-state index in [1.54, 1.807) is 4.90 Å². The van der Waals surface area contributed by atoms with E-state index in [-0.39, 0.29) is 12.1 Å². The zero-order chi connectivity index (χ0) is 16.2. The van der Waals surface area contributed by atoms with E-state index in [4.69, 9.17) is 4.74 Å². The molecule has 0 bridgehead atoms. The summed E-state index contributed by atoms with van der Waals surface area (Å²) in [6.45, 7) is 1.24. The normalized spacial score (nSPS) is 22.9. The molecule has 4 nitrogen and oxygen atoms in total. The molecule has 1 atom stereocenters. The van der Waals surface area contributed by atoms with Crippen LogP contribution in [-0.4, -0.2) is 48.2 Å². The van der Waals surface area contributed by atoms with Crippen molar-refractivity contribution in [1.29, 1.82) is 0 Å². The fourth-order valence-corrected chi connectivity index (χ4v) is 3.96. The maximum Gasteiger partial charge on any atom is 0.317 e. The molecule has 2 aliphatic rings. The largest absolute Gasteiger partial charge is 0.370 e. The first-order valence-electron chi connectivity index (χ1n) is 7.83. The van der Waals surface area contributed by atoms with Crippen molar-refractivity contribution in [1.82, 2.24) is 10.2 Å². The predicted molar refractivity (Wildman–Crippen MR) is 85.5 cm³/mol. The molecule has 2 saturated heterocycles. The fourth-order valence-electron chi connectivity index (χ4n) is 2.86. The van der Waals surface area contributed by atoms with Crippen LogP contribution in [0.3, 0.4) is 0 Å². The molecule has 23 heavy (non-hydrogen) atoms. The van der Waals surface area contributed by atoms with Crippen LogP contribution in [0, 0.1) is 11.6 Å². The van der Waals surface area contributed by atoms with Crippen LogP contribution in [0.1, 0.15) is 24.5 Å². The molecule has 1 N–H and O–H groups in total. The number of thioether (sulfide) groups is 1. The van der Waals surface area contributed by atoms with E-state index in [0.717, 1.165) is 36.5 Å². The van der Waals surface area contributed by atoms with Crippen molar-refractivity contribution in [2.24, 2.45) is 0 Å². The van der Waals surface area contributed by atoms with Crippen LogP contribution < -0.4 is 5.32 Å². The highest BCUT2D eigenvalue weighted by Gasteiger charge is 2.27. The molecule has 0 aliphatic carbocycles. The van der Waals surface area contributed by atoms with Crippen molar-refractivity contribution in [3.05, 3.63) is 35.4 Å². The number of amides is 2. The number of nitrogens with one attached hydrogen (secondary N) is 1. The summed E-state index contributed by atoms with van der Waals surface area (Å²) in [7, 11) is 0. The molecule has 126 valence electrons. The standard InChI is InChI=1S/C16H20F2N2O2S/c17-13-2-1-11(9-14(13)18)15-10-20(5-6-22-15)16(21)19-12-3-7-23-8-4-12/h1-2,9,12,15H,3-8,10H2,(H,19,21). The third-order valence-electron chi connectivity index (χ3n) is 4.22. The van der Waals surface area contributed by atoms with Crippen LogP contribution in [0.2, 0.25) is 0 Å². The summed E-state index contributed by atoms with van der Waals surface area (Å²) in [5.41, 5.74) is 0.551. The van der Waals surface area contributed by atoms with Gasteiger partial charge in [-0.2, -0.15) is 11.8 Å². The van der Waals surface area contributed by atoms with Crippen LogP contribution in [0.15, 0.2) is 18.2 Å². The lowest BCUT2D eigenvalue weighted by molar-refractivity contribution is -0.0160. The second kappa shape index (κ2) is 7.49. The quantitative estimate of drug-likeness (QED) is 0.898. The van der Waals surface area contributed by atoms with Gasteiger partial charge in [-0.3, -0.25) is 0 Å². The molecule has 1 aromatic carbocycles. The Morgan fingerprint density at radius 2 is 2.04 bits per heavy atom. The second-order valence-electron chi connectivity index (χ2n) is 5.82. The van der Waals surface area contributed by atoms with E-state index in [0.29, 0.717) is 25.3 Å². The lowest BCUT2D eigenvalue weighted by Gasteiger charge is -2.34. The third-order valence-corrected chi connectivity index (χ3v) is 5.27. The van der Waals surface area contributed by atoms with Gasteiger partial charge in [-0.15, -0.1) is 0 Å². The van der Waals surface area contributed by atoms with Gasteiger partial charge < -0.3 is 15.0 Å². The Balaban J connectivity index is 1.60. The number of rotatable bonds is 2. The topological polar surface area (TPSA) is 41.6 Å². The number of halogens is 2.